The van der Waals surface area contributed by atoms with Crippen molar-refractivity contribution >= 4 is 17.9 Å². The van der Waals surface area contributed by atoms with Gasteiger partial charge in [0.2, 0.25) is 0 Å². The lowest BCUT2D eigenvalue weighted by atomic mass is 9.82. The summed E-state index contributed by atoms with van der Waals surface area (Å²) in [5.41, 5.74) is 6.76. The van der Waals surface area contributed by atoms with Gasteiger partial charge in [0.05, 0.1) is 0 Å². The van der Waals surface area contributed by atoms with Gasteiger partial charge in [-0.05, 0) is 53.6 Å². The second-order valence-electron chi connectivity index (χ2n) is 7.27. The van der Waals surface area contributed by atoms with Gasteiger partial charge in [-0.1, -0.05) is 42.5 Å². The second kappa shape index (κ2) is 7.31. The van der Waals surface area contributed by atoms with E-state index < -0.39 is 12.2 Å². The van der Waals surface area contributed by atoms with Crippen molar-refractivity contribution in [3.05, 3.63) is 71.3 Å². The number of likely N-dealkylation sites (N-methyl/N-ethyl adjacent to an activating group) is 1. The Balaban J connectivity index is 1.79. The number of guanidine groups is 1. The van der Waals surface area contributed by atoms with E-state index in [-0.39, 0.29) is 17.6 Å². The minimum atomic E-state index is -2.92. The van der Waals surface area contributed by atoms with Crippen molar-refractivity contribution < 1.29 is 18.3 Å². The van der Waals surface area contributed by atoms with E-state index in [0.29, 0.717) is 17.0 Å². The first-order chi connectivity index (χ1) is 13.9. The van der Waals surface area contributed by atoms with Crippen LogP contribution in [0.3, 0.4) is 0 Å². The van der Waals surface area contributed by atoms with E-state index >= 15 is 0 Å². The van der Waals surface area contributed by atoms with E-state index in [2.05, 4.69) is 15.8 Å². The highest BCUT2D eigenvalue weighted by atomic mass is 19.3. The minimum absolute atomic E-state index is 0.00997. The van der Waals surface area contributed by atoms with Crippen LogP contribution < -0.4 is 10.5 Å². The average molecular weight is 397 g/mol. The van der Waals surface area contributed by atoms with Crippen LogP contribution in [0.5, 0.6) is 5.75 Å². The van der Waals surface area contributed by atoms with Crippen LogP contribution in [0.1, 0.15) is 29.5 Å². The molecule has 0 spiro atoms. The number of carbonyl (C=O) groups excluding carboxylic acids is 1. The summed E-state index contributed by atoms with van der Waals surface area (Å²) in [7, 11) is 1.56. The molecular formula is C22H21F2N3O2. The number of alkyl halides is 2. The third-order valence-corrected chi connectivity index (χ3v) is 5.22. The summed E-state index contributed by atoms with van der Waals surface area (Å²) in [5, 5.41) is 0. The Morgan fingerprint density at radius 3 is 2.52 bits per heavy atom. The summed E-state index contributed by atoms with van der Waals surface area (Å²) in [6.45, 7) is -2.92. The quantitative estimate of drug-likeness (QED) is 0.807. The first kappa shape index (κ1) is 19.1. The van der Waals surface area contributed by atoms with Gasteiger partial charge in [0.25, 0.3) is 5.91 Å². The van der Waals surface area contributed by atoms with Crippen LogP contribution in [-0.2, 0) is 10.3 Å². The molecule has 2 aromatic carbocycles. The fourth-order valence-electron chi connectivity index (χ4n) is 3.46. The third kappa shape index (κ3) is 3.60. The van der Waals surface area contributed by atoms with Gasteiger partial charge in [0.15, 0.2) is 11.5 Å². The highest BCUT2D eigenvalue weighted by molar-refractivity contribution is 6.09. The number of rotatable bonds is 6. The summed E-state index contributed by atoms with van der Waals surface area (Å²) in [6, 6.07) is 13.5. The van der Waals surface area contributed by atoms with Crippen molar-refractivity contribution in [3.8, 4) is 5.75 Å². The summed E-state index contributed by atoms with van der Waals surface area (Å²) in [6.07, 6.45) is 6.63. The van der Waals surface area contributed by atoms with E-state index in [4.69, 9.17) is 5.73 Å². The van der Waals surface area contributed by atoms with Crippen LogP contribution in [0.4, 0.5) is 8.78 Å². The zero-order valence-corrected chi connectivity index (χ0v) is 15.9. The number of hydrogen-bond acceptors (Lipinski definition) is 4. The molecule has 2 aromatic rings. The summed E-state index contributed by atoms with van der Waals surface area (Å²) in [5.74, 6) is 0.432. The molecule has 0 aromatic heterocycles. The fraction of sp³-hybridized carbons (Fsp3) is 0.273. The number of aliphatic imine (C=N–C) groups is 1. The molecule has 4 rings (SSSR count). The Hall–Kier alpha value is -3.22. The molecule has 29 heavy (non-hydrogen) atoms. The molecule has 7 heteroatoms. The molecule has 0 bridgehead atoms. The maximum atomic E-state index is 13.3. The molecule has 0 radical (unpaired) electrons. The summed E-state index contributed by atoms with van der Waals surface area (Å²) < 4.78 is 29.4. The molecule has 0 saturated heterocycles. The second-order valence-corrected chi connectivity index (χ2v) is 7.27. The van der Waals surface area contributed by atoms with E-state index in [1.54, 1.807) is 19.2 Å². The first-order valence-electron chi connectivity index (χ1n) is 9.38. The number of nitrogens with two attached hydrogens (primary N) is 1. The molecule has 1 aliphatic carbocycles. The Morgan fingerprint density at radius 1 is 1.21 bits per heavy atom. The molecule has 1 saturated carbocycles. The van der Waals surface area contributed by atoms with Gasteiger partial charge in [-0.25, -0.2) is 4.99 Å². The van der Waals surface area contributed by atoms with Gasteiger partial charge in [0, 0.05) is 7.05 Å². The molecule has 1 amide bonds. The number of hydrogen-bond donors (Lipinski definition) is 1. The fourth-order valence-corrected chi connectivity index (χ4v) is 3.46. The molecule has 2 N–H and O–H groups in total. The van der Waals surface area contributed by atoms with Gasteiger partial charge in [-0.15, -0.1) is 0 Å². The highest BCUT2D eigenvalue weighted by Crippen LogP contribution is 2.40. The molecule has 1 unspecified atom stereocenters. The number of carbonyl (C=O) groups is 1. The Kier molecular flexibility index (Phi) is 4.82. The largest absolute Gasteiger partial charge is 0.435 e. The molecular weight excluding hydrogens is 376 g/mol. The van der Waals surface area contributed by atoms with Crippen LogP contribution in [0, 0.1) is 5.92 Å². The van der Waals surface area contributed by atoms with Crippen LogP contribution in [0.25, 0.3) is 6.08 Å². The number of amides is 1. The van der Waals surface area contributed by atoms with Gasteiger partial charge in [-0.2, -0.15) is 8.78 Å². The number of benzene rings is 2. The van der Waals surface area contributed by atoms with E-state index in [9.17, 15) is 13.6 Å². The van der Waals surface area contributed by atoms with Crippen molar-refractivity contribution in [1.29, 1.82) is 0 Å². The molecule has 1 fully saturated rings. The van der Waals surface area contributed by atoms with E-state index in [1.165, 1.54) is 29.9 Å². The molecule has 1 atom stereocenters. The van der Waals surface area contributed by atoms with Gasteiger partial charge < -0.3 is 10.5 Å². The average Bonchev–Trinajstić information content (AvgIpc) is 3.51. The maximum Gasteiger partial charge on any atom is 0.387 e. The van der Waals surface area contributed by atoms with Crippen molar-refractivity contribution in [1.82, 2.24) is 4.90 Å². The number of halogens is 2. The molecule has 150 valence electrons. The maximum absolute atomic E-state index is 13.3. The van der Waals surface area contributed by atoms with Crippen LogP contribution in [-0.4, -0.2) is 30.4 Å². The van der Waals surface area contributed by atoms with Gasteiger partial charge in [0.1, 0.15) is 5.75 Å². The summed E-state index contributed by atoms with van der Waals surface area (Å²) in [4.78, 5) is 19.1. The van der Waals surface area contributed by atoms with Crippen molar-refractivity contribution in [3.63, 3.8) is 0 Å². The predicted octanol–water partition coefficient (Wildman–Crippen LogP) is 3.74. The third-order valence-electron chi connectivity index (χ3n) is 5.22. The number of allylic oxidation sites excluding steroid dienone is 1. The Morgan fingerprint density at radius 2 is 1.93 bits per heavy atom. The zero-order valence-electron chi connectivity index (χ0n) is 15.9. The molecule has 1 aliphatic heterocycles. The van der Waals surface area contributed by atoms with Gasteiger partial charge in [-0.3, -0.25) is 9.69 Å². The Bertz CT molecular complexity index is 984. The minimum Gasteiger partial charge on any atom is -0.435 e. The summed E-state index contributed by atoms with van der Waals surface area (Å²) >= 11 is 0. The van der Waals surface area contributed by atoms with E-state index in [1.807, 2.05) is 30.3 Å². The standard InChI is InChI=1S/C22H21F2N3O2/c1-27-19(28)22(26-21(27)25,16-9-11-18(12-10-16)29-20(23)24)17-4-2-3-15(13-17)8-7-14-5-6-14/h2-4,7-14,20H,5-6H2,1H3,(H2,25,26). The number of ether oxygens (including phenoxy) is 1. The molecule has 5 nitrogen and oxygen atoms in total. The van der Waals surface area contributed by atoms with Crippen molar-refractivity contribution in [2.75, 3.05) is 7.05 Å². The number of nitrogens with zero attached hydrogens (tertiary/aromatic N) is 2. The monoisotopic (exact) mass is 397 g/mol. The SMILES string of the molecule is CN1C(=O)C(c2ccc(OC(F)F)cc2)(c2cccc(C=CC3CC3)c2)N=C1N. The lowest BCUT2D eigenvalue weighted by Gasteiger charge is -2.26. The zero-order chi connectivity index (χ0) is 20.6. The molecule has 1 heterocycles. The smallest absolute Gasteiger partial charge is 0.387 e. The predicted molar refractivity (Wildman–Crippen MR) is 106 cm³/mol. The lowest BCUT2D eigenvalue weighted by Crippen LogP contribution is -2.41. The van der Waals surface area contributed by atoms with Crippen LogP contribution in [0.15, 0.2) is 59.6 Å². The molecule has 2 aliphatic rings. The highest BCUT2D eigenvalue weighted by Gasteiger charge is 2.49. The van der Waals surface area contributed by atoms with Crippen molar-refractivity contribution in [2.24, 2.45) is 16.6 Å². The Labute approximate surface area is 167 Å². The first-order valence-corrected chi connectivity index (χ1v) is 9.38. The van der Waals surface area contributed by atoms with Crippen LogP contribution in [0.2, 0.25) is 0 Å². The topological polar surface area (TPSA) is 67.9 Å². The van der Waals surface area contributed by atoms with Gasteiger partial charge >= 0.3 is 6.61 Å². The van der Waals surface area contributed by atoms with Crippen molar-refractivity contribution in [2.45, 2.75) is 25.0 Å². The lowest BCUT2D eigenvalue weighted by molar-refractivity contribution is -0.129. The van der Waals surface area contributed by atoms with Crippen LogP contribution >= 0.6 is 0 Å². The van der Waals surface area contributed by atoms with E-state index in [0.717, 1.165) is 5.56 Å². The normalized spacial score (nSPS) is 21.9.